The Morgan fingerprint density at radius 1 is 1.10 bits per heavy atom. The predicted octanol–water partition coefficient (Wildman–Crippen LogP) is 2.66. The molecule has 4 nitrogen and oxygen atoms in total. The number of nitrogens with two attached hydrogens (primary N) is 1. The molecular formula is C13H11F3N2O2S. The topological polar surface area (TPSA) is 73.0 Å². The molecule has 0 aliphatic heterocycles. The summed E-state index contributed by atoms with van der Waals surface area (Å²) in [5, 5.41) is -0.273. The average Bonchev–Trinajstić information content (AvgIpc) is 2.38. The van der Waals surface area contributed by atoms with Gasteiger partial charge >= 0.3 is 6.18 Å². The molecule has 112 valence electrons. The van der Waals surface area contributed by atoms with Crippen LogP contribution in [0.1, 0.15) is 11.1 Å². The van der Waals surface area contributed by atoms with Crippen LogP contribution in [-0.4, -0.2) is 13.4 Å². The number of hydrogen-bond acceptors (Lipinski definition) is 4. The summed E-state index contributed by atoms with van der Waals surface area (Å²) in [6, 6.07) is 6.82. The highest BCUT2D eigenvalue weighted by Gasteiger charge is 2.30. The van der Waals surface area contributed by atoms with Crippen molar-refractivity contribution in [2.24, 2.45) is 0 Å². The minimum Gasteiger partial charge on any atom is -0.396 e. The number of rotatable bonds is 3. The molecule has 1 aromatic carbocycles. The predicted molar refractivity (Wildman–Crippen MR) is 71.0 cm³/mol. The highest BCUT2D eigenvalue weighted by atomic mass is 32.2. The molecule has 0 aliphatic rings. The molecule has 0 atom stereocenters. The molecule has 2 aromatic rings. The van der Waals surface area contributed by atoms with Crippen molar-refractivity contribution in [1.82, 2.24) is 4.98 Å². The minimum atomic E-state index is -4.46. The SMILES string of the molecule is Nc1cccnc1S(=O)(=O)Cc1ccc(C(F)(F)F)cc1. The molecule has 0 spiro atoms. The Bertz CT molecular complexity index is 741. The summed E-state index contributed by atoms with van der Waals surface area (Å²) in [6.45, 7) is 0. The van der Waals surface area contributed by atoms with E-state index in [4.69, 9.17) is 5.73 Å². The Morgan fingerprint density at radius 2 is 1.71 bits per heavy atom. The largest absolute Gasteiger partial charge is 0.416 e. The van der Waals surface area contributed by atoms with E-state index < -0.39 is 27.3 Å². The summed E-state index contributed by atoms with van der Waals surface area (Å²) in [4.78, 5) is 3.71. The zero-order chi connectivity index (χ0) is 15.7. The van der Waals surface area contributed by atoms with Gasteiger partial charge in [0.1, 0.15) is 0 Å². The normalized spacial score (nSPS) is 12.3. The van der Waals surface area contributed by atoms with Gasteiger partial charge in [-0.25, -0.2) is 13.4 Å². The van der Waals surface area contributed by atoms with E-state index in [2.05, 4.69) is 4.98 Å². The van der Waals surface area contributed by atoms with Gasteiger partial charge in [0.05, 0.1) is 17.0 Å². The van der Waals surface area contributed by atoms with Crippen LogP contribution < -0.4 is 5.73 Å². The number of aromatic nitrogens is 1. The number of anilines is 1. The van der Waals surface area contributed by atoms with Crippen LogP contribution >= 0.6 is 0 Å². The van der Waals surface area contributed by atoms with Crippen molar-refractivity contribution in [2.75, 3.05) is 5.73 Å². The van der Waals surface area contributed by atoms with Crippen LogP contribution in [0, 0.1) is 0 Å². The number of pyridine rings is 1. The first-order valence-corrected chi connectivity index (χ1v) is 7.45. The Hall–Kier alpha value is -2.09. The Kier molecular flexibility index (Phi) is 3.91. The maximum Gasteiger partial charge on any atom is 0.416 e. The second-order valence-electron chi connectivity index (χ2n) is 4.35. The summed E-state index contributed by atoms with van der Waals surface area (Å²) in [6.07, 6.45) is -3.17. The smallest absolute Gasteiger partial charge is 0.396 e. The van der Waals surface area contributed by atoms with Crippen LogP contribution in [0.4, 0.5) is 18.9 Å². The van der Waals surface area contributed by atoms with Crippen molar-refractivity contribution in [3.8, 4) is 0 Å². The fraction of sp³-hybridized carbons (Fsp3) is 0.154. The lowest BCUT2D eigenvalue weighted by molar-refractivity contribution is -0.137. The number of benzene rings is 1. The van der Waals surface area contributed by atoms with Crippen LogP contribution in [0.25, 0.3) is 0 Å². The van der Waals surface area contributed by atoms with Gasteiger partial charge in [0, 0.05) is 6.20 Å². The number of sulfone groups is 1. The third kappa shape index (κ3) is 3.52. The van der Waals surface area contributed by atoms with E-state index >= 15 is 0 Å². The first-order valence-electron chi connectivity index (χ1n) is 5.79. The third-order valence-electron chi connectivity index (χ3n) is 2.73. The van der Waals surface area contributed by atoms with Gasteiger partial charge in [-0.05, 0) is 29.8 Å². The van der Waals surface area contributed by atoms with E-state index in [1.165, 1.54) is 18.3 Å². The Balaban J connectivity index is 2.28. The summed E-state index contributed by atoms with van der Waals surface area (Å²) in [7, 11) is -3.81. The zero-order valence-corrected chi connectivity index (χ0v) is 11.4. The van der Waals surface area contributed by atoms with Crippen LogP contribution in [0.15, 0.2) is 47.6 Å². The van der Waals surface area contributed by atoms with E-state index in [0.29, 0.717) is 0 Å². The zero-order valence-electron chi connectivity index (χ0n) is 10.6. The van der Waals surface area contributed by atoms with Gasteiger partial charge in [-0.2, -0.15) is 13.2 Å². The van der Waals surface area contributed by atoms with Gasteiger partial charge in [-0.15, -0.1) is 0 Å². The van der Waals surface area contributed by atoms with Crippen LogP contribution in [0.2, 0.25) is 0 Å². The summed E-state index contributed by atoms with van der Waals surface area (Å²) in [5.74, 6) is -0.466. The van der Waals surface area contributed by atoms with Crippen molar-refractivity contribution in [3.05, 3.63) is 53.7 Å². The molecule has 2 rings (SSSR count). The lowest BCUT2D eigenvalue weighted by atomic mass is 10.1. The molecule has 0 saturated heterocycles. The number of nitrogens with zero attached hydrogens (tertiary/aromatic N) is 1. The lowest BCUT2D eigenvalue weighted by Gasteiger charge is -2.09. The van der Waals surface area contributed by atoms with Crippen molar-refractivity contribution in [1.29, 1.82) is 0 Å². The van der Waals surface area contributed by atoms with Gasteiger partial charge < -0.3 is 5.73 Å². The van der Waals surface area contributed by atoms with E-state index in [0.717, 1.165) is 24.3 Å². The van der Waals surface area contributed by atoms with Crippen LogP contribution in [0.5, 0.6) is 0 Å². The second kappa shape index (κ2) is 5.36. The first-order chi connectivity index (χ1) is 9.70. The standard InChI is InChI=1S/C13H11F3N2O2S/c14-13(15,16)10-5-3-9(4-6-10)8-21(19,20)12-11(17)2-1-7-18-12/h1-7H,8,17H2. The highest BCUT2D eigenvalue weighted by molar-refractivity contribution is 7.90. The molecule has 0 radical (unpaired) electrons. The summed E-state index contributed by atoms with van der Waals surface area (Å²) < 4.78 is 61.6. The van der Waals surface area contributed by atoms with E-state index in [-0.39, 0.29) is 16.3 Å². The molecule has 2 N–H and O–H groups in total. The minimum absolute atomic E-state index is 0.00408. The Morgan fingerprint density at radius 3 is 2.24 bits per heavy atom. The molecule has 21 heavy (non-hydrogen) atoms. The van der Waals surface area contributed by atoms with Crippen molar-refractivity contribution in [2.45, 2.75) is 17.0 Å². The lowest BCUT2D eigenvalue weighted by Crippen LogP contribution is -2.10. The first kappa shape index (κ1) is 15.3. The van der Waals surface area contributed by atoms with Gasteiger partial charge in [0.25, 0.3) is 0 Å². The van der Waals surface area contributed by atoms with E-state index in [1.807, 2.05) is 0 Å². The molecule has 0 aliphatic carbocycles. The molecule has 0 bridgehead atoms. The molecule has 1 aromatic heterocycles. The summed E-state index contributed by atoms with van der Waals surface area (Å²) in [5.41, 5.74) is 4.95. The number of hydrogen-bond donors (Lipinski definition) is 1. The fourth-order valence-electron chi connectivity index (χ4n) is 1.74. The third-order valence-corrected chi connectivity index (χ3v) is 4.38. The molecule has 0 unspecified atom stereocenters. The summed E-state index contributed by atoms with van der Waals surface area (Å²) >= 11 is 0. The average molecular weight is 316 g/mol. The quantitative estimate of drug-likeness (QED) is 0.945. The number of halogens is 3. The maximum atomic E-state index is 12.4. The van der Waals surface area contributed by atoms with Crippen molar-refractivity contribution in [3.63, 3.8) is 0 Å². The molecular weight excluding hydrogens is 305 g/mol. The molecule has 1 heterocycles. The molecule has 0 amide bonds. The van der Waals surface area contributed by atoms with Gasteiger partial charge in [0.15, 0.2) is 5.03 Å². The maximum absolute atomic E-state index is 12.4. The van der Waals surface area contributed by atoms with E-state index in [1.54, 1.807) is 0 Å². The van der Waals surface area contributed by atoms with Crippen molar-refractivity contribution >= 4 is 15.5 Å². The molecule has 8 heteroatoms. The van der Waals surface area contributed by atoms with Crippen LogP contribution in [0.3, 0.4) is 0 Å². The Labute approximate surface area is 119 Å². The van der Waals surface area contributed by atoms with Gasteiger partial charge in [-0.3, -0.25) is 0 Å². The second-order valence-corrected chi connectivity index (χ2v) is 6.26. The molecule has 0 saturated carbocycles. The number of alkyl halides is 3. The van der Waals surface area contributed by atoms with Crippen molar-refractivity contribution < 1.29 is 21.6 Å². The van der Waals surface area contributed by atoms with Gasteiger partial charge in [0.2, 0.25) is 9.84 Å². The van der Waals surface area contributed by atoms with Crippen LogP contribution in [-0.2, 0) is 21.8 Å². The number of nitrogen functional groups attached to an aromatic ring is 1. The van der Waals surface area contributed by atoms with E-state index in [9.17, 15) is 21.6 Å². The highest BCUT2D eigenvalue weighted by Crippen LogP contribution is 2.29. The molecule has 0 fully saturated rings. The monoisotopic (exact) mass is 316 g/mol. The fourth-order valence-corrected chi connectivity index (χ4v) is 3.16. The van der Waals surface area contributed by atoms with Gasteiger partial charge in [-0.1, -0.05) is 12.1 Å².